The van der Waals surface area contributed by atoms with Crippen molar-refractivity contribution in [3.8, 4) is 0 Å². The number of hydrogen-bond donors (Lipinski definition) is 1. The number of aliphatic hydroxyl groups excluding tert-OH is 1. The van der Waals surface area contributed by atoms with Gasteiger partial charge in [0.25, 0.3) is 5.91 Å². The van der Waals surface area contributed by atoms with Crippen LogP contribution in [0.25, 0.3) is 0 Å². The molecule has 2 rings (SSSR count). The Balaban J connectivity index is 1.97. The monoisotopic (exact) mass is 293 g/mol. The Bertz CT molecular complexity index is 471. The van der Waals surface area contributed by atoms with Gasteiger partial charge in [-0.3, -0.25) is 9.78 Å². The first-order chi connectivity index (χ1) is 10.1. The summed E-state index contributed by atoms with van der Waals surface area (Å²) in [6, 6.07) is 3.78. The maximum absolute atomic E-state index is 12.0. The van der Waals surface area contributed by atoms with E-state index >= 15 is 0 Å². The first-order valence-electron chi connectivity index (χ1n) is 7.27. The molecule has 0 aromatic carbocycles. The van der Waals surface area contributed by atoms with E-state index in [0.717, 1.165) is 31.6 Å². The molecular formula is C15H23N3O3. The first-order valence-corrected chi connectivity index (χ1v) is 7.27. The number of piperidine rings is 1. The predicted molar refractivity (Wildman–Crippen MR) is 80.5 cm³/mol. The fourth-order valence-corrected chi connectivity index (χ4v) is 2.46. The summed E-state index contributed by atoms with van der Waals surface area (Å²) in [5.74, 6) is -0.0852. The number of nitrogens with zero attached hydrogens (tertiary/aromatic N) is 3. The molecule has 116 valence electrons. The van der Waals surface area contributed by atoms with E-state index in [1.807, 2.05) is 12.1 Å². The highest BCUT2D eigenvalue weighted by molar-refractivity contribution is 5.92. The minimum atomic E-state index is -0.0852. The van der Waals surface area contributed by atoms with Crippen molar-refractivity contribution in [2.75, 3.05) is 45.3 Å². The predicted octanol–water partition coefficient (Wildman–Crippen LogP) is 0.761. The molecule has 1 aliphatic heterocycles. The van der Waals surface area contributed by atoms with Crippen molar-refractivity contribution in [2.24, 2.45) is 0 Å². The summed E-state index contributed by atoms with van der Waals surface area (Å²) >= 11 is 0. The minimum absolute atomic E-state index is 0.0700. The van der Waals surface area contributed by atoms with E-state index in [1.165, 1.54) is 4.90 Å². The van der Waals surface area contributed by atoms with Crippen molar-refractivity contribution < 1.29 is 14.6 Å². The Morgan fingerprint density at radius 3 is 2.81 bits per heavy atom. The van der Waals surface area contributed by atoms with Gasteiger partial charge in [0.15, 0.2) is 0 Å². The molecule has 1 N–H and O–H groups in total. The van der Waals surface area contributed by atoms with Crippen molar-refractivity contribution in [3.63, 3.8) is 0 Å². The minimum Gasteiger partial charge on any atom is -0.394 e. The van der Waals surface area contributed by atoms with Crippen LogP contribution in [-0.4, -0.2) is 67.4 Å². The van der Waals surface area contributed by atoms with Gasteiger partial charge in [-0.2, -0.15) is 0 Å². The summed E-state index contributed by atoms with van der Waals surface area (Å²) in [5, 5.41) is 8.78. The van der Waals surface area contributed by atoms with Crippen molar-refractivity contribution in [2.45, 2.75) is 18.9 Å². The van der Waals surface area contributed by atoms with Gasteiger partial charge in [0, 0.05) is 39.1 Å². The molecule has 1 aromatic heterocycles. The van der Waals surface area contributed by atoms with Crippen LogP contribution in [0.5, 0.6) is 0 Å². The second-order valence-corrected chi connectivity index (χ2v) is 5.38. The van der Waals surface area contributed by atoms with Gasteiger partial charge in [0.1, 0.15) is 5.69 Å². The summed E-state index contributed by atoms with van der Waals surface area (Å²) in [5.41, 5.74) is 1.49. The molecule has 0 spiro atoms. The molecule has 0 atom stereocenters. The maximum atomic E-state index is 12.0. The van der Waals surface area contributed by atoms with Crippen LogP contribution in [0.1, 0.15) is 23.3 Å². The van der Waals surface area contributed by atoms with Crippen LogP contribution >= 0.6 is 0 Å². The zero-order valence-electron chi connectivity index (χ0n) is 12.7. The third kappa shape index (κ3) is 4.15. The Hall–Kier alpha value is -1.66. The molecule has 0 unspecified atom stereocenters. The number of aliphatic hydroxyl groups is 1. The molecule has 0 bridgehead atoms. The van der Waals surface area contributed by atoms with Crippen LogP contribution in [0.4, 0.5) is 5.69 Å². The normalized spacial score (nSPS) is 16.0. The number of carbonyl (C=O) groups excluding carboxylic acids is 1. The van der Waals surface area contributed by atoms with Crippen LogP contribution in [0, 0.1) is 0 Å². The van der Waals surface area contributed by atoms with Crippen LogP contribution in [0.3, 0.4) is 0 Å². The Morgan fingerprint density at radius 1 is 1.48 bits per heavy atom. The van der Waals surface area contributed by atoms with Gasteiger partial charge in [-0.15, -0.1) is 0 Å². The van der Waals surface area contributed by atoms with Gasteiger partial charge in [-0.05, 0) is 25.0 Å². The number of aromatic nitrogens is 1. The quantitative estimate of drug-likeness (QED) is 0.868. The number of hydrogen-bond acceptors (Lipinski definition) is 5. The summed E-state index contributed by atoms with van der Waals surface area (Å²) in [7, 11) is 3.45. The third-order valence-corrected chi connectivity index (χ3v) is 3.62. The molecular weight excluding hydrogens is 270 g/mol. The lowest BCUT2D eigenvalue weighted by Crippen LogP contribution is -2.37. The van der Waals surface area contributed by atoms with Crippen LogP contribution in [-0.2, 0) is 4.74 Å². The summed E-state index contributed by atoms with van der Waals surface area (Å²) < 4.78 is 5.56. The molecule has 6 nitrogen and oxygen atoms in total. The van der Waals surface area contributed by atoms with Crippen LogP contribution in [0.15, 0.2) is 18.3 Å². The highest BCUT2D eigenvalue weighted by Gasteiger charge is 2.20. The van der Waals surface area contributed by atoms with Crippen molar-refractivity contribution in [1.82, 2.24) is 9.88 Å². The summed E-state index contributed by atoms with van der Waals surface area (Å²) in [6.07, 6.45) is 3.76. The molecule has 1 saturated heterocycles. The van der Waals surface area contributed by atoms with E-state index in [4.69, 9.17) is 9.84 Å². The van der Waals surface area contributed by atoms with E-state index < -0.39 is 0 Å². The second kappa shape index (κ2) is 7.38. The number of amides is 1. The number of anilines is 1. The maximum Gasteiger partial charge on any atom is 0.272 e. The van der Waals surface area contributed by atoms with E-state index in [0.29, 0.717) is 12.3 Å². The fourth-order valence-electron chi connectivity index (χ4n) is 2.46. The van der Waals surface area contributed by atoms with Gasteiger partial charge in [0.2, 0.25) is 0 Å². The molecule has 0 saturated carbocycles. The van der Waals surface area contributed by atoms with E-state index in [2.05, 4.69) is 9.88 Å². The molecule has 21 heavy (non-hydrogen) atoms. The van der Waals surface area contributed by atoms with Gasteiger partial charge >= 0.3 is 0 Å². The molecule has 6 heteroatoms. The van der Waals surface area contributed by atoms with E-state index in [-0.39, 0.29) is 18.6 Å². The van der Waals surface area contributed by atoms with E-state index in [1.54, 1.807) is 20.3 Å². The van der Waals surface area contributed by atoms with Gasteiger partial charge in [-0.1, -0.05) is 0 Å². The standard InChI is InChI=1S/C15H23N3O3/c1-17(2)15(20)14-11-12(3-6-16-14)18-7-4-13(5-8-18)21-10-9-19/h3,6,11,13,19H,4-5,7-10H2,1-2H3. The molecule has 2 heterocycles. The molecule has 0 radical (unpaired) electrons. The molecule has 1 aliphatic rings. The topological polar surface area (TPSA) is 65.9 Å². The highest BCUT2D eigenvalue weighted by atomic mass is 16.5. The van der Waals surface area contributed by atoms with E-state index in [9.17, 15) is 4.79 Å². The van der Waals surface area contributed by atoms with Crippen molar-refractivity contribution in [1.29, 1.82) is 0 Å². The molecule has 1 aromatic rings. The third-order valence-electron chi connectivity index (χ3n) is 3.62. The lowest BCUT2D eigenvalue weighted by atomic mass is 10.1. The molecule has 0 aliphatic carbocycles. The van der Waals surface area contributed by atoms with Crippen LogP contribution in [0.2, 0.25) is 0 Å². The second-order valence-electron chi connectivity index (χ2n) is 5.38. The average molecular weight is 293 g/mol. The number of carbonyl (C=O) groups is 1. The number of pyridine rings is 1. The smallest absolute Gasteiger partial charge is 0.272 e. The summed E-state index contributed by atoms with van der Waals surface area (Å²) in [4.78, 5) is 19.9. The fraction of sp³-hybridized carbons (Fsp3) is 0.600. The number of rotatable bonds is 5. The van der Waals surface area contributed by atoms with Crippen molar-refractivity contribution >= 4 is 11.6 Å². The average Bonchev–Trinajstić information content (AvgIpc) is 2.52. The lowest BCUT2D eigenvalue weighted by molar-refractivity contribution is 0.0159. The van der Waals surface area contributed by atoms with Crippen LogP contribution < -0.4 is 4.90 Å². The zero-order chi connectivity index (χ0) is 15.2. The highest BCUT2D eigenvalue weighted by Crippen LogP contribution is 2.21. The molecule has 1 fully saturated rings. The lowest BCUT2D eigenvalue weighted by Gasteiger charge is -2.33. The van der Waals surface area contributed by atoms with Gasteiger partial charge < -0.3 is 19.6 Å². The molecule has 1 amide bonds. The van der Waals surface area contributed by atoms with Gasteiger partial charge in [-0.25, -0.2) is 0 Å². The summed E-state index contributed by atoms with van der Waals surface area (Å²) in [6.45, 7) is 2.24. The Morgan fingerprint density at radius 2 is 2.19 bits per heavy atom. The SMILES string of the molecule is CN(C)C(=O)c1cc(N2CCC(OCCO)CC2)ccn1. The first kappa shape index (κ1) is 15.7. The van der Waals surface area contributed by atoms with Gasteiger partial charge in [0.05, 0.1) is 19.3 Å². The largest absolute Gasteiger partial charge is 0.394 e. The Kier molecular flexibility index (Phi) is 5.52. The Labute approximate surface area is 125 Å². The van der Waals surface area contributed by atoms with Crippen molar-refractivity contribution in [3.05, 3.63) is 24.0 Å². The zero-order valence-corrected chi connectivity index (χ0v) is 12.7. The number of ether oxygens (including phenoxy) is 1.